The molecule has 0 atom stereocenters. The highest BCUT2D eigenvalue weighted by Crippen LogP contribution is 2.14. The van der Waals surface area contributed by atoms with Crippen LogP contribution in [-0.2, 0) is 20.9 Å². The van der Waals surface area contributed by atoms with Gasteiger partial charge in [0.15, 0.2) is 0 Å². The van der Waals surface area contributed by atoms with E-state index in [1.165, 1.54) is 62.7 Å². The topological polar surface area (TPSA) is 107 Å². The minimum Gasteiger partial charge on any atom is -0.480 e. The van der Waals surface area contributed by atoms with Gasteiger partial charge in [-0.1, -0.05) is 108 Å². The second-order valence-electron chi connectivity index (χ2n) is 11.0. The number of carbonyl (C=O) groups is 3. The number of carboxylic acid groups (broad SMARTS) is 2. The zero-order valence-electron chi connectivity index (χ0n) is 25.7. The first kappa shape index (κ1) is 36.7. The molecule has 3 N–H and O–H groups in total. The minimum absolute atomic E-state index is 0.0321. The van der Waals surface area contributed by atoms with Gasteiger partial charge in [-0.25, -0.2) is 0 Å². The Balaban J connectivity index is 2.03. The lowest BCUT2D eigenvalue weighted by atomic mass is 10.1. The van der Waals surface area contributed by atoms with Crippen molar-refractivity contribution in [1.82, 2.24) is 4.90 Å². The van der Waals surface area contributed by atoms with Crippen LogP contribution in [0.5, 0.6) is 0 Å². The molecule has 0 spiro atoms. The molecule has 0 aromatic heterocycles. The molecule has 0 heterocycles. The van der Waals surface area contributed by atoms with Crippen molar-refractivity contribution in [2.24, 2.45) is 0 Å². The molecule has 1 aromatic carbocycles. The van der Waals surface area contributed by atoms with Crippen molar-refractivity contribution in [3.8, 4) is 23.7 Å². The normalized spacial score (nSPS) is 10.4. The van der Waals surface area contributed by atoms with E-state index in [4.69, 9.17) is 10.2 Å². The maximum atomic E-state index is 12.2. The molecule has 42 heavy (non-hydrogen) atoms. The Hall–Kier alpha value is -3.29. The van der Waals surface area contributed by atoms with Gasteiger partial charge in [-0.3, -0.25) is 19.3 Å². The number of carbonyl (C=O) groups excluding carboxylic acids is 1. The summed E-state index contributed by atoms with van der Waals surface area (Å²) in [6.45, 7) is 1.75. The van der Waals surface area contributed by atoms with E-state index in [0.717, 1.165) is 56.9 Å². The molecule has 0 fully saturated rings. The second-order valence-corrected chi connectivity index (χ2v) is 11.0. The number of hydrogen-bond donors (Lipinski definition) is 3. The standard InChI is InChI=1S/C35H52N2O5/c1-2-3-4-5-6-7-8-9-10-11-12-13-14-15-16-17-18-19-20-21-22-23-33(38)36-32-26-24-31(25-27-32)28-37(29-34(39)40)30-35(41)42/h24-27H,2-11,16-23,28-30H2,1H3,(H,36,38)(H,39,40)(H,41,42). The lowest BCUT2D eigenvalue weighted by Crippen LogP contribution is -2.33. The fourth-order valence-corrected chi connectivity index (χ4v) is 4.67. The van der Waals surface area contributed by atoms with E-state index >= 15 is 0 Å². The van der Waals surface area contributed by atoms with Crippen LogP contribution < -0.4 is 5.32 Å². The highest BCUT2D eigenvalue weighted by atomic mass is 16.4. The third-order valence-electron chi connectivity index (χ3n) is 6.96. The van der Waals surface area contributed by atoms with E-state index in [0.29, 0.717) is 12.1 Å². The zero-order chi connectivity index (χ0) is 30.7. The van der Waals surface area contributed by atoms with Gasteiger partial charge in [0.05, 0.1) is 13.1 Å². The summed E-state index contributed by atoms with van der Waals surface area (Å²) < 4.78 is 0. The van der Waals surface area contributed by atoms with Gasteiger partial charge in [0.2, 0.25) is 5.91 Å². The molecule has 232 valence electrons. The molecule has 1 amide bonds. The Morgan fingerprint density at radius 1 is 0.667 bits per heavy atom. The van der Waals surface area contributed by atoms with E-state index in [1.807, 2.05) is 0 Å². The van der Waals surface area contributed by atoms with E-state index in [1.54, 1.807) is 24.3 Å². The van der Waals surface area contributed by atoms with Crippen molar-refractivity contribution in [3.05, 3.63) is 29.8 Å². The Morgan fingerprint density at radius 3 is 1.60 bits per heavy atom. The lowest BCUT2D eigenvalue weighted by Gasteiger charge is -2.18. The van der Waals surface area contributed by atoms with Gasteiger partial charge in [-0.05, 0) is 48.8 Å². The third-order valence-corrected chi connectivity index (χ3v) is 6.96. The molecule has 0 unspecified atom stereocenters. The molecule has 0 radical (unpaired) electrons. The Labute approximate surface area is 253 Å². The van der Waals surface area contributed by atoms with Crippen LogP contribution in [-0.4, -0.2) is 46.0 Å². The number of anilines is 1. The van der Waals surface area contributed by atoms with Crippen molar-refractivity contribution in [2.75, 3.05) is 18.4 Å². The molecule has 7 heteroatoms. The predicted octanol–water partition coefficient (Wildman–Crippen LogP) is 7.64. The molecular weight excluding hydrogens is 528 g/mol. The molecule has 0 aliphatic rings. The highest BCUT2D eigenvalue weighted by molar-refractivity contribution is 5.90. The van der Waals surface area contributed by atoms with Gasteiger partial charge in [0, 0.05) is 31.5 Å². The number of aliphatic carboxylic acids is 2. The van der Waals surface area contributed by atoms with Crippen molar-refractivity contribution in [3.63, 3.8) is 0 Å². The molecule has 0 aliphatic heterocycles. The largest absolute Gasteiger partial charge is 0.480 e. The van der Waals surface area contributed by atoms with Crippen LogP contribution in [0.3, 0.4) is 0 Å². The third kappa shape index (κ3) is 22.4. The SMILES string of the molecule is CCCCCCCCCCCC#CC#CCCCCCCCCC(=O)Nc1ccc(CN(CC(=O)O)CC(=O)O)cc1. The summed E-state index contributed by atoms with van der Waals surface area (Å²) in [6, 6.07) is 7.03. The molecule has 1 rings (SSSR count). The summed E-state index contributed by atoms with van der Waals surface area (Å²) in [5, 5.41) is 20.8. The number of benzene rings is 1. The Bertz CT molecular complexity index is 998. The molecular formula is C35H52N2O5. The number of nitrogens with one attached hydrogen (secondary N) is 1. The monoisotopic (exact) mass is 580 g/mol. The summed E-state index contributed by atoms with van der Waals surface area (Å²) in [5.41, 5.74) is 1.44. The fraction of sp³-hybridized carbons (Fsp3) is 0.629. The first-order chi connectivity index (χ1) is 20.4. The maximum absolute atomic E-state index is 12.2. The van der Waals surface area contributed by atoms with Crippen LogP contribution in [0.2, 0.25) is 0 Å². The smallest absolute Gasteiger partial charge is 0.317 e. The van der Waals surface area contributed by atoms with Gasteiger partial charge in [0.1, 0.15) is 0 Å². The number of hydrogen-bond acceptors (Lipinski definition) is 4. The molecule has 1 aromatic rings. The second kappa shape index (κ2) is 25.4. The number of carboxylic acids is 2. The zero-order valence-corrected chi connectivity index (χ0v) is 25.7. The van der Waals surface area contributed by atoms with Gasteiger partial charge in [0.25, 0.3) is 0 Å². The first-order valence-corrected chi connectivity index (χ1v) is 15.9. The van der Waals surface area contributed by atoms with Crippen molar-refractivity contribution < 1.29 is 24.6 Å². The fourth-order valence-electron chi connectivity index (χ4n) is 4.67. The van der Waals surface area contributed by atoms with Crippen molar-refractivity contribution >= 4 is 23.5 Å². The summed E-state index contributed by atoms with van der Waals surface area (Å²) in [4.78, 5) is 35.5. The van der Waals surface area contributed by atoms with E-state index in [2.05, 4.69) is 35.9 Å². The molecule has 0 saturated heterocycles. The van der Waals surface area contributed by atoms with Crippen LogP contribution in [0.4, 0.5) is 5.69 Å². The van der Waals surface area contributed by atoms with Crippen LogP contribution in [0, 0.1) is 23.7 Å². The molecule has 0 aliphatic carbocycles. The van der Waals surface area contributed by atoms with Crippen molar-refractivity contribution in [2.45, 2.75) is 129 Å². The lowest BCUT2D eigenvalue weighted by molar-refractivity contribution is -0.142. The van der Waals surface area contributed by atoms with Crippen LogP contribution in [0.1, 0.15) is 128 Å². The van der Waals surface area contributed by atoms with Crippen LogP contribution in [0.25, 0.3) is 0 Å². The van der Waals surface area contributed by atoms with Gasteiger partial charge in [-0.2, -0.15) is 0 Å². The summed E-state index contributed by atoms with van der Waals surface area (Å²) in [6.07, 6.45) is 20.7. The summed E-state index contributed by atoms with van der Waals surface area (Å²) in [7, 11) is 0. The average Bonchev–Trinajstić information content (AvgIpc) is 2.94. The summed E-state index contributed by atoms with van der Waals surface area (Å²) >= 11 is 0. The molecule has 7 nitrogen and oxygen atoms in total. The number of amides is 1. The highest BCUT2D eigenvalue weighted by Gasteiger charge is 2.14. The van der Waals surface area contributed by atoms with E-state index < -0.39 is 11.9 Å². The van der Waals surface area contributed by atoms with E-state index in [9.17, 15) is 14.4 Å². The summed E-state index contributed by atoms with van der Waals surface area (Å²) in [5.74, 6) is 10.1. The number of rotatable bonds is 24. The molecule has 0 bridgehead atoms. The maximum Gasteiger partial charge on any atom is 0.317 e. The number of unbranched alkanes of at least 4 members (excludes halogenated alkanes) is 15. The minimum atomic E-state index is -1.08. The van der Waals surface area contributed by atoms with Gasteiger partial charge >= 0.3 is 11.9 Å². The first-order valence-electron chi connectivity index (χ1n) is 15.9. The average molecular weight is 581 g/mol. The van der Waals surface area contributed by atoms with Crippen molar-refractivity contribution in [1.29, 1.82) is 0 Å². The quantitative estimate of drug-likeness (QED) is 0.0857. The molecule has 0 saturated carbocycles. The van der Waals surface area contributed by atoms with Gasteiger partial charge in [-0.15, -0.1) is 0 Å². The predicted molar refractivity (Wildman–Crippen MR) is 170 cm³/mol. The number of nitrogens with zero attached hydrogens (tertiary/aromatic N) is 1. The van der Waals surface area contributed by atoms with E-state index in [-0.39, 0.29) is 25.5 Å². The van der Waals surface area contributed by atoms with Crippen LogP contribution >= 0.6 is 0 Å². The Morgan fingerprint density at radius 2 is 1.12 bits per heavy atom. The van der Waals surface area contributed by atoms with Crippen LogP contribution in [0.15, 0.2) is 24.3 Å². The Kier molecular flexibility index (Phi) is 22.2. The van der Waals surface area contributed by atoms with Gasteiger partial charge < -0.3 is 15.5 Å².